The molecule has 0 radical (unpaired) electrons. The van der Waals surface area contributed by atoms with Crippen LogP contribution in [0.3, 0.4) is 0 Å². The summed E-state index contributed by atoms with van der Waals surface area (Å²) in [6.07, 6.45) is 4.37. The van der Waals surface area contributed by atoms with Crippen molar-refractivity contribution in [1.29, 1.82) is 0 Å². The molecule has 4 rings (SSSR count). The number of fused-ring (bicyclic) bond motifs is 1. The van der Waals surface area contributed by atoms with Crippen molar-refractivity contribution in [1.82, 2.24) is 13.8 Å². The number of hydrogen-bond acceptors (Lipinski definition) is 7. The summed E-state index contributed by atoms with van der Waals surface area (Å²) >= 11 is 1.34. The average Bonchev–Trinajstić information content (AvgIpc) is 3.15. The molecule has 2 fully saturated rings. The smallest absolute Gasteiger partial charge is 0.289 e. The van der Waals surface area contributed by atoms with Crippen molar-refractivity contribution < 1.29 is 16.8 Å². The summed E-state index contributed by atoms with van der Waals surface area (Å²) in [5, 5.41) is -0.805. The molecule has 2 aliphatic heterocycles. The standard InChI is InChI=1S/C16H25N3O5S3/c20-16-19(14-3-1-2-4-15(14)25-16)12-17-6-8-18(9-7-17)27(23,24)13-5-10-26(21,22)11-13/h13H,1-12H2. The van der Waals surface area contributed by atoms with E-state index in [-0.39, 0.29) is 22.8 Å². The highest BCUT2D eigenvalue weighted by atomic mass is 32.2. The van der Waals surface area contributed by atoms with Crippen LogP contribution in [0.5, 0.6) is 0 Å². The van der Waals surface area contributed by atoms with E-state index < -0.39 is 25.1 Å². The molecule has 27 heavy (non-hydrogen) atoms. The van der Waals surface area contributed by atoms with Crippen molar-refractivity contribution in [2.24, 2.45) is 0 Å². The van der Waals surface area contributed by atoms with Gasteiger partial charge in [0.15, 0.2) is 9.84 Å². The number of piperazine rings is 1. The highest BCUT2D eigenvalue weighted by molar-refractivity contribution is 7.95. The Hall–Kier alpha value is -0.750. The number of nitrogens with zero attached hydrogens (tertiary/aromatic N) is 3. The van der Waals surface area contributed by atoms with Crippen LogP contribution < -0.4 is 4.87 Å². The summed E-state index contributed by atoms with van der Waals surface area (Å²) < 4.78 is 52.0. The third kappa shape index (κ3) is 3.89. The predicted molar refractivity (Wildman–Crippen MR) is 104 cm³/mol. The topological polar surface area (TPSA) is 96.8 Å². The lowest BCUT2D eigenvalue weighted by molar-refractivity contribution is 0.149. The van der Waals surface area contributed by atoms with Crippen LogP contribution in [0.15, 0.2) is 4.79 Å². The zero-order valence-electron chi connectivity index (χ0n) is 15.2. The Morgan fingerprint density at radius 3 is 2.44 bits per heavy atom. The van der Waals surface area contributed by atoms with Gasteiger partial charge in [0.05, 0.1) is 23.4 Å². The van der Waals surface area contributed by atoms with Gasteiger partial charge in [-0.2, -0.15) is 4.31 Å². The Labute approximate surface area is 163 Å². The van der Waals surface area contributed by atoms with Crippen LogP contribution >= 0.6 is 11.3 Å². The molecule has 11 heteroatoms. The second-order valence-corrected chi connectivity index (χ2v) is 13.1. The molecule has 152 valence electrons. The summed E-state index contributed by atoms with van der Waals surface area (Å²) in [5.74, 6) is -0.297. The van der Waals surface area contributed by atoms with E-state index in [0.717, 1.165) is 31.4 Å². The maximum Gasteiger partial charge on any atom is 0.308 e. The van der Waals surface area contributed by atoms with Gasteiger partial charge in [0.25, 0.3) is 0 Å². The number of sulfonamides is 1. The van der Waals surface area contributed by atoms with E-state index in [1.165, 1.54) is 20.5 Å². The first-order chi connectivity index (χ1) is 12.8. The van der Waals surface area contributed by atoms with Crippen molar-refractivity contribution in [3.05, 3.63) is 20.2 Å². The molecular formula is C16H25N3O5S3. The fourth-order valence-electron chi connectivity index (χ4n) is 4.20. The first-order valence-electron chi connectivity index (χ1n) is 9.39. The Kier molecular flexibility index (Phi) is 5.25. The molecule has 1 atom stereocenters. The highest BCUT2D eigenvalue weighted by Crippen LogP contribution is 2.25. The Balaban J connectivity index is 1.40. The quantitative estimate of drug-likeness (QED) is 0.654. The molecule has 0 N–H and O–H groups in total. The van der Waals surface area contributed by atoms with Crippen molar-refractivity contribution in [3.63, 3.8) is 0 Å². The van der Waals surface area contributed by atoms with Crippen LogP contribution in [0.25, 0.3) is 0 Å². The maximum absolute atomic E-state index is 12.7. The summed E-state index contributed by atoms with van der Waals surface area (Å²) in [7, 11) is -6.81. The van der Waals surface area contributed by atoms with E-state index in [2.05, 4.69) is 4.90 Å². The molecule has 8 nitrogen and oxygen atoms in total. The van der Waals surface area contributed by atoms with Crippen LogP contribution in [0.2, 0.25) is 0 Å². The van der Waals surface area contributed by atoms with Crippen LogP contribution in [0.1, 0.15) is 29.8 Å². The summed E-state index contributed by atoms with van der Waals surface area (Å²) in [5.41, 5.74) is 1.16. The monoisotopic (exact) mass is 435 g/mol. The van der Waals surface area contributed by atoms with Crippen molar-refractivity contribution in [3.8, 4) is 0 Å². The minimum Gasteiger partial charge on any atom is -0.289 e. The van der Waals surface area contributed by atoms with Gasteiger partial charge in [-0.25, -0.2) is 16.8 Å². The third-order valence-electron chi connectivity index (χ3n) is 5.79. The lowest BCUT2D eigenvalue weighted by Crippen LogP contribution is -2.51. The molecule has 3 aliphatic rings. The van der Waals surface area contributed by atoms with E-state index in [4.69, 9.17) is 0 Å². The van der Waals surface area contributed by atoms with Crippen LogP contribution in [0, 0.1) is 0 Å². The van der Waals surface area contributed by atoms with Crippen molar-refractivity contribution in [2.45, 2.75) is 44.0 Å². The number of hydrogen-bond donors (Lipinski definition) is 0. The minimum absolute atomic E-state index is 0.0386. The number of thiazole rings is 1. The van der Waals surface area contributed by atoms with Crippen LogP contribution in [-0.2, 0) is 39.4 Å². The lowest BCUT2D eigenvalue weighted by Gasteiger charge is -2.35. The predicted octanol–water partition coefficient (Wildman–Crippen LogP) is -0.119. The fourth-order valence-corrected chi connectivity index (χ4v) is 9.78. The van der Waals surface area contributed by atoms with Gasteiger partial charge in [-0.05, 0) is 32.1 Å². The van der Waals surface area contributed by atoms with E-state index in [0.29, 0.717) is 32.8 Å². The molecule has 2 saturated heterocycles. The normalized spacial score (nSPS) is 26.9. The summed E-state index contributed by atoms with van der Waals surface area (Å²) in [6, 6.07) is 0. The molecular weight excluding hydrogens is 410 g/mol. The first-order valence-corrected chi connectivity index (χ1v) is 13.5. The number of aryl methyl sites for hydroxylation is 1. The van der Waals surface area contributed by atoms with E-state index >= 15 is 0 Å². The lowest BCUT2D eigenvalue weighted by atomic mass is 10.0. The Morgan fingerprint density at radius 1 is 1.07 bits per heavy atom. The van der Waals surface area contributed by atoms with Gasteiger partial charge in [0, 0.05) is 36.8 Å². The van der Waals surface area contributed by atoms with Gasteiger partial charge in [0.1, 0.15) is 0 Å². The van der Waals surface area contributed by atoms with Crippen molar-refractivity contribution >= 4 is 31.2 Å². The zero-order valence-corrected chi connectivity index (χ0v) is 17.6. The molecule has 0 spiro atoms. The van der Waals surface area contributed by atoms with Gasteiger partial charge >= 0.3 is 4.87 Å². The highest BCUT2D eigenvalue weighted by Gasteiger charge is 2.41. The Bertz CT molecular complexity index is 971. The molecule has 1 unspecified atom stereocenters. The SMILES string of the molecule is O=c1sc2c(n1CN1CCN(S(=O)(=O)C3CCS(=O)(=O)C3)CC1)CCCC2. The maximum atomic E-state index is 12.7. The summed E-state index contributed by atoms with van der Waals surface area (Å²) in [4.78, 5) is 15.7. The Morgan fingerprint density at radius 2 is 1.78 bits per heavy atom. The zero-order chi connectivity index (χ0) is 19.2. The van der Waals surface area contributed by atoms with Crippen LogP contribution in [0.4, 0.5) is 0 Å². The summed E-state index contributed by atoms with van der Waals surface area (Å²) in [6.45, 7) is 2.31. The van der Waals surface area contributed by atoms with Gasteiger partial charge in [-0.15, -0.1) is 0 Å². The number of rotatable bonds is 4. The molecule has 0 saturated carbocycles. The van der Waals surface area contributed by atoms with E-state index in [9.17, 15) is 21.6 Å². The molecule has 1 aliphatic carbocycles. The first kappa shape index (κ1) is 19.6. The van der Waals surface area contributed by atoms with Crippen molar-refractivity contribution in [2.75, 3.05) is 37.7 Å². The average molecular weight is 436 g/mol. The number of aromatic nitrogens is 1. The van der Waals surface area contributed by atoms with Gasteiger partial charge in [-0.3, -0.25) is 14.3 Å². The van der Waals surface area contributed by atoms with Gasteiger partial charge in [-0.1, -0.05) is 11.3 Å². The minimum atomic E-state index is -3.58. The van der Waals surface area contributed by atoms with Gasteiger partial charge < -0.3 is 0 Å². The van der Waals surface area contributed by atoms with Gasteiger partial charge in [0.2, 0.25) is 10.0 Å². The second-order valence-electron chi connectivity index (χ2n) is 7.60. The number of sulfone groups is 1. The van der Waals surface area contributed by atoms with E-state index in [1.54, 1.807) is 0 Å². The molecule has 0 aromatic carbocycles. The van der Waals surface area contributed by atoms with E-state index in [1.807, 2.05) is 4.57 Å². The molecule has 1 aromatic heterocycles. The fraction of sp³-hybridized carbons (Fsp3) is 0.812. The molecule has 1 aromatic rings. The molecule has 0 amide bonds. The molecule has 3 heterocycles. The largest absolute Gasteiger partial charge is 0.308 e. The third-order valence-corrected chi connectivity index (χ3v) is 11.2. The van der Waals surface area contributed by atoms with Crippen LogP contribution in [-0.4, -0.2) is 73.5 Å². The molecule has 0 bridgehead atoms. The second kappa shape index (κ2) is 7.25.